The standard InChI is InChI=1S/C15H24N4O/c1-11(2)6-7-12-5-3-4-8-19(12)14-10-17-9-13(18-14)15(16)20/h9-12H,3-8H2,1-2H3,(H2,16,20). The Morgan fingerprint density at radius 1 is 1.45 bits per heavy atom. The SMILES string of the molecule is CC(C)CCC1CCCCN1c1cncc(C(N)=O)n1. The molecular formula is C15H24N4O. The van der Waals surface area contributed by atoms with Crippen LogP contribution >= 0.6 is 0 Å². The van der Waals surface area contributed by atoms with E-state index in [-0.39, 0.29) is 5.69 Å². The van der Waals surface area contributed by atoms with Crippen LogP contribution in [0.2, 0.25) is 0 Å². The average molecular weight is 276 g/mol. The van der Waals surface area contributed by atoms with Crippen LogP contribution in [0.15, 0.2) is 12.4 Å². The van der Waals surface area contributed by atoms with Gasteiger partial charge in [0.2, 0.25) is 0 Å². The molecule has 2 rings (SSSR count). The molecule has 1 atom stereocenters. The van der Waals surface area contributed by atoms with Crippen LogP contribution in [-0.4, -0.2) is 28.5 Å². The minimum atomic E-state index is -0.518. The number of amides is 1. The number of piperidine rings is 1. The van der Waals surface area contributed by atoms with Gasteiger partial charge in [-0.3, -0.25) is 9.78 Å². The monoisotopic (exact) mass is 276 g/mol. The third-order valence-corrected chi connectivity index (χ3v) is 3.87. The van der Waals surface area contributed by atoms with Crippen LogP contribution in [0.1, 0.15) is 56.4 Å². The topological polar surface area (TPSA) is 72.1 Å². The van der Waals surface area contributed by atoms with E-state index >= 15 is 0 Å². The molecule has 0 bridgehead atoms. The molecule has 110 valence electrons. The number of carbonyl (C=O) groups is 1. The lowest BCUT2D eigenvalue weighted by atomic mass is 9.95. The number of primary amides is 1. The summed E-state index contributed by atoms with van der Waals surface area (Å²) in [5.41, 5.74) is 5.53. The molecule has 1 saturated heterocycles. The van der Waals surface area contributed by atoms with E-state index < -0.39 is 5.91 Å². The van der Waals surface area contributed by atoms with Gasteiger partial charge >= 0.3 is 0 Å². The molecule has 0 aliphatic carbocycles. The van der Waals surface area contributed by atoms with Crippen molar-refractivity contribution >= 4 is 11.7 Å². The lowest BCUT2D eigenvalue weighted by Crippen LogP contribution is -2.40. The second-order valence-corrected chi connectivity index (χ2v) is 5.94. The molecule has 1 aromatic heterocycles. The lowest BCUT2D eigenvalue weighted by Gasteiger charge is -2.37. The van der Waals surface area contributed by atoms with E-state index in [4.69, 9.17) is 5.73 Å². The molecule has 1 amide bonds. The molecule has 0 spiro atoms. The fourth-order valence-corrected chi connectivity index (χ4v) is 2.74. The summed E-state index contributed by atoms with van der Waals surface area (Å²) in [6, 6.07) is 0.503. The Kier molecular flexibility index (Phi) is 4.93. The summed E-state index contributed by atoms with van der Waals surface area (Å²) in [6.45, 7) is 5.49. The zero-order valence-corrected chi connectivity index (χ0v) is 12.4. The van der Waals surface area contributed by atoms with E-state index in [0.29, 0.717) is 12.0 Å². The van der Waals surface area contributed by atoms with Gasteiger partial charge in [-0.2, -0.15) is 0 Å². The summed E-state index contributed by atoms with van der Waals surface area (Å²) in [6.07, 6.45) is 9.17. The van der Waals surface area contributed by atoms with Gasteiger partial charge in [-0.1, -0.05) is 13.8 Å². The van der Waals surface area contributed by atoms with E-state index in [1.54, 1.807) is 6.20 Å². The minimum Gasteiger partial charge on any atom is -0.364 e. The lowest BCUT2D eigenvalue weighted by molar-refractivity contribution is 0.0995. The molecule has 1 aliphatic heterocycles. The largest absolute Gasteiger partial charge is 0.364 e. The number of hydrogen-bond donors (Lipinski definition) is 1. The van der Waals surface area contributed by atoms with Crippen LogP contribution in [0, 0.1) is 5.92 Å². The zero-order valence-electron chi connectivity index (χ0n) is 12.4. The van der Waals surface area contributed by atoms with Gasteiger partial charge in [-0.15, -0.1) is 0 Å². The van der Waals surface area contributed by atoms with Crippen LogP contribution in [0.4, 0.5) is 5.82 Å². The number of nitrogens with two attached hydrogens (primary N) is 1. The van der Waals surface area contributed by atoms with Crippen LogP contribution < -0.4 is 10.6 Å². The van der Waals surface area contributed by atoms with Crippen LogP contribution in [-0.2, 0) is 0 Å². The summed E-state index contributed by atoms with van der Waals surface area (Å²) in [5.74, 6) is 0.978. The summed E-state index contributed by atoms with van der Waals surface area (Å²) in [4.78, 5) is 22.0. The predicted octanol–water partition coefficient (Wildman–Crippen LogP) is 2.37. The maximum Gasteiger partial charge on any atom is 0.268 e. The fourth-order valence-electron chi connectivity index (χ4n) is 2.74. The molecule has 0 aromatic carbocycles. The van der Waals surface area contributed by atoms with Crippen LogP contribution in [0.25, 0.3) is 0 Å². The number of anilines is 1. The van der Waals surface area contributed by atoms with Gasteiger partial charge in [0, 0.05) is 12.6 Å². The van der Waals surface area contributed by atoms with Crippen molar-refractivity contribution in [1.82, 2.24) is 9.97 Å². The first-order valence-electron chi connectivity index (χ1n) is 7.46. The summed E-state index contributed by atoms with van der Waals surface area (Å²) >= 11 is 0. The first-order chi connectivity index (χ1) is 9.58. The molecule has 5 heteroatoms. The van der Waals surface area contributed by atoms with Crippen molar-refractivity contribution in [3.8, 4) is 0 Å². The van der Waals surface area contributed by atoms with Gasteiger partial charge in [0.05, 0.1) is 12.4 Å². The molecule has 0 saturated carbocycles. The van der Waals surface area contributed by atoms with E-state index in [2.05, 4.69) is 28.7 Å². The molecule has 1 unspecified atom stereocenters. The van der Waals surface area contributed by atoms with Gasteiger partial charge in [-0.25, -0.2) is 4.98 Å². The van der Waals surface area contributed by atoms with E-state index in [0.717, 1.165) is 12.4 Å². The summed E-state index contributed by atoms with van der Waals surface area (Å²) < 4.78 is 0. The Morgan fingerprint density at radius 2 is 2.25 bits per heavy atom. The van der Waals surface area contributed by atoms with Crippen molar-refractivity contribution in [3.63, 3.8) is 0 Å². The van der Waals surface area contributed by atoms with Crippen LogP contribution in [0.3, 0.4) is 0 Å². The molecule has 2 N–H and O–H groups in total. The van der Waals surface area contributed by atoms with Crippen molar-refractivity contribution in [2.75, 3.05) is 11.4 Å². The first kappa shape index (κ1) is 14.8. The normalized spacial score (nSPS) is 19.4. The highest BCUT2D eigenvalue weighted by atomic mass is 16.1. The van der Waals surface area contributed by atoms with Gasteiger partial charge in [0.25, 0.3) is 5.91 Å². The van der Waals surface area contributed by atoms with Gasteiger partial charge < -0.3 is 10.6 Å². The Labute approximate surface area is 120 Å². The number of hydrogen-bond acceptors (Lipinski definition) is 4. The summed E-state index contributed by atoms with van der Waals surface area (Å²) in [7, 11) is 0. The van der Waals surface area contributed by atoms with Crippen molar-refractivity contribution in [2.45, 2.75) is 52.0 Å². The molecule has 1 aromatic rings. The second kappa shape index (κ2) is 6.68. The third kappa shape index (κ3) is 3.68. The molecule has 1 aliphatic rings. The van der Waals surface area contributed by atoms with Crippen molar-refractivity contribution < 1.29 is 4.79 Å². The van der Waals surface area contributed by atoms with Crippen molar-refractivity contribution in [3.05, 3.63) is 18.1 Å². The zero-order chi connectivity index (χ0) is 14.5. The second-order valence-electron chi connectivity index (χ2n) is 5.94. The molecule has 20 heavy (non-hydrogen) atoms. The Bertz CT molecular complexity index is 461. The number of aromatic nitrogens is 2. The smallest absolute Gasteiger partial charge is 0.268 e. The molecule has 1 fully saturated rings. The minimum absolute atomic E-state index is 0.246. The molecule has 5 nitrogen and oxygen atoms in total. The average Bonchev–Trinajstić information content (AvgIpc) is 2.45. The molecule has 0 radical (unpaired) electrons. The Hall–Kier alpha value is -1.65. The van der Waals surface area contributed by atoms with Gasteiger partial charge in [0.15, 0.2) is 0 Å². The number of nitrogens with zero attached hydrogens (tertiary/aromatic N) is 3. The number of rotatable bonds is 5. The fraction of sp³-hybridized carbons (Fsp3) is 0.667. The quantitative estimate of drug-likeness (QED) is 0.896. The molecule has 2 heterocycles. The Balaban J connectivity index is 2.14. The molecular weight excluding hydrogens is 252 g/mol. The highest BCUT2D eigenvalue weighted by molar-refractivity contribution is 5.90. The highest BCUT2D eigenvalue weighted by Crippen LogP contribution is 2.26. The van der Waals surface area contributed by atoms with Crippen LogP contribution in [0.5, 0.6) is 0 Å². The maximum absolute atomic E-state index is 11.2. The van der Waals surface area contributed by atoms with E-state index in [1.165, 1.54) is 38.3 Å². The van der Waals surface area contributed by atoms with E-state index in [1.807, 2.05) is 0 Å². The van der Waals surface area contributed by atoms with Crippen molar-refractivity contribution in [1.29, 1.82) is 0 Å². The van der Waals surface area contributed by atoms with Crippen molar-refractivity contribution in [2.24, 2.45) is 11.7 Å². The summed E-state index contributed by atoms with van der Waals surface area (Å²) in [5, 5.41) is 0. The predicted molar refractivity (Wildman–Crippen MR) is 79.6 cm³/mol. The Morgan fingerprint density at radius 3 is 2.95 bits per heavy atom. The van der Waals surface area contributed by atoms with E-state index in [9.17, 15) is 4.79 Å². The maximum atomic E-state index is 11.2. The first-order valence-corrected chi connectivity index (χ1v) is 7.46. The third-order valence-electron chi connectivity index (χ3n) is 3.87. The number of carbonyl (C=O) groups excluding carboxylic acids is 1. The van der Waals surface area contributed by atoms with Gasteiger partial charge in [0.1, 0.15) is 11.5 Å². The highest BCUT2D eigenvalue weighted by Gasteiger charge is 2.24. The van der Waals surface area contributed by atoms with Gasteiger partial charge in [-0.05, 0) is 38.0 Å².